The number of nitrogens with one attached hydrogen (secondary N) is 1. The molecular formula is C11H19NO4S. The molecular weight excluding hydrogens is 242 g/mol. The average Bonchev–Trinajstić information content (AvgIpc) is 2.30. The van der Waals surface area contributed by atoms with E-state index in [2.05, 4.69) is 5.32 Å². The number of hydrogen-bond acceptors (Lipinski definition) is 4. The van der Waals surface area contributed by atoms with Gasteiger partial charge in [-0.25, -0.2) is 0 Å². The van der Waals surface area contributed by atoms with Crippen LogP contribution in [-0.4, -0.2) is 40.2 Å². The van der Waals surface area contributed by atoms with E-state index < -0.39 is 10.8 Å². The summed E-state index contributed by atoms with van der Waals surface area (Å²) in [4.78, 5) is 22.5. The summed E-state index contributed by atoms with van der Waals surface area (Å²) in [5, 5.41) is 2.86. The third-order valence-electron chi connectivity index (χ3n) is 2.61. The quantitative estimate of drug-likeness (QED) is 0.725. The van der Waals surface area contributed by atoms with Crippen molar-refractivity contribution in [1.29, 1.82) is 0 Å². The Balaban J connectivity index is 2.16. The molecule has 5 nitrogen and oxygen atoms in total. The zero-order valence-electron chi connectivity index (χ0n) is 10.1. The van der Waals surface area contributed by atoms with Crippen LogP contribution in [0.25, 0.3) is 0 Å². The molecule has 0 spiro atoms. The van der Waals surface area contributed by atoms with Crippen molar-refractivity contribution in [3.63, 3.8) is 0 Å². The van der Waals surface area contributed by atoms with Crippen LogP contribution in [0.2, 0.25) is 0 Å². The van der Waals surface area contributed by atoms with Gasteiger partial charge < -0.3 is 10.1 Å². The normalized spacial score (nSPS) is 24.1. The molecule has 1 amide bonds. The topological polar surface area (TPSA) is 72.5 Å². The second kappa shape index (κ2) is 7.42. The number of esters is 1. The molecule has 0 unspecified atom stereocenters. The minimum atomic E-state index is -0.715. The van der Waals surface area contributed by atoms with Crippen molar-refractivity contribution in [3.05, 3.63) is 0 Å². The predicted octanol–water partition coefficient (Wildman–Crippen LogP) is 0.357. The molecule has 1 aliphatic rings. The lowest BCUT2D eigenvalue weighted by molar-refractivity contribution is -0.144. The van der Waals surface area contributed by atoms with Crippen LogP contribution in [-0.2, 0) is 25.1 Å². The molecule has 98 valence electrons. The van der Waals surface area contributed by atoms with Gasteiger partial charge in [-0.15, -0.1) is 0 Å². The van der Waals surface area contributed by atoms with Gasteiger partial charge in [-0.2, -0.15) is 0 Å². The Hall–Kier alpha value is -0.910. The smallest absolute Gasteiger partial charge is 0.306 e. The van der Waals surface area contributed by atoms with Crippen LogP contribution in [0.15, 0.2) is 0 Å². The van der Waals surface area contributed by atoms with Crippen LogP contribution >= 0.6 is 0 Å². The maximum atomic E-state index is 11.5. The summed E-state index contributed by atoms with van der Waals surface area (Å²) < 4.78 is 15.9. The molecule has 0 saturated carbocycles. The molecule has 6 heteroatoms. The van der Waals surface area contributed by atoms with Gasteiger partial charge >= 0.3 is 5.97 Å². The first kappa shape index (κ1) is 14.2. The third kappa shape index (κ3) is 5.81. The minimum Gasteiger partial charge on any atom is -0.466 e. The molecule has 0 aromatic rings. The van der Waals surface area contributed by atoms with Crippen LogP contribution in [0.3, 0.4) is 0 Å². The van der Waals surface area contributed by atoms with Gasteiger partial charge in [0.1, 0.15) is 0 Å². The highest BCUT2D eigenvalue weighted by atomic mass is 32.2. The largest absolute Gasteiger partial charge is 0.466 e. The van der Waals surface area contributed by atoms with Crippen molar-refractivity contribution < 1.29 is 18.5 Å². The van der Waals surface area contributed by atoms with Gasteiger partial charge in [0.05, 0.1) is 13.0 Å². The lowest BCUT2D eigenvalue weighted by Crippen LogP contribution is -2.39. The van der Waals surface area contributed by atoms with Gasteiger partial charge in [0.15, 0.2) is 0 Å². The van der Waals surface area contributed by atoms with Crippen molar-refractivity contribution in [2.24, 2.45) is 0 Å². The molecule has 0 aromatic carbocycles. The monoisotopic (exact) mass is 261 g/mol. The molecule has 0 radical (unpaired) electrons. The van der Waals surface area contributed by atoms with Crippen molar-refractivity contribution in [1.82, 2.24) is 5.32 Å². The Labute approximate surface area is 104 Å². The highest BCUT2D eigenvalue weighted by Crippen LogP contribution is 2.09. The lowest BCUT2D eigenvalue weighted by Gasteiger charge is -2.22. The van der Waals surface area contributed by atoms with E-state index in [0.717, 1.165) is 12.8 Å². The molecule has 1 heterocycles. The highest BCUT2D eigenvalue weighted by Gasteiger charge is 2.19. The molecule has 0 atom stereocenters. The Morgan fingerprint density at radius 3 is 2.53 bits per heavy atom. The van der Waals surface area contributed by atoms with Crippen LogP contribution in [0.1, 0.15) is 32.6 Å². The molecule has 1 fully saturated rings. The molecule has 0 aromatic heterocycles. The zero-order valence-corrected chi connectivity index (χ0v) is 10.9. The fourth-order valence-electron chi connectivity index (χ4n) is 1.69. The van der Waals surface area contributed by atoms with Crippen LogP contribution < -0.4 is 5.32 Å². The standard InChI is InChI=1S/C11H19NO4S/c1-2-16-11(14)4-3-10(13)12-9-5-7-17(15)8-6-9/h9H,2-8H2,1H3,(H,12,13). The number of amides is 1. The van der Waals surface area contributed by atoms with Gasteiger partial charge in [0, 0.05) is 34.8 Å². The van der Waals surface area contributed by atoms with Crippen LogP contribution in [0.5, 0.6) is 0 Å². The first-order chi connectivity index (χ1) is 8.11. The summed E-state index contributed by atoms with van der Waals surface area (Å²) in [6, 6.07) is 0.113. The van der Waals surface area contributed by atoms with E-state index in [4.69, 9.17) is 4.74 Å². The summed E-state index contributed by atoms with van der Waals surface area (Å²) >= 11 is 0. The lowest BCUT2D eigenvalue weighted by atomic mass is 10.1. The Kier molecular flexibility index (Phi) is 6.18. The van der Waals surface area contributed by atoms with E-state index in [-0.39, 0.29) is 30.8 Å². The van der Waals surface area contributed by atoms with Crippen molar-refractivity contribution >= 4 is 22.7 Å². The maximum absolute atomic E-state index is 11.5. The zero-order chi connectivity index (χ0) is 12.7. The SMILES string of the molecule is CCOC(=O)CCC(=O)NC1CCS(=O)CC1. The molecule has 0 bridgehead atoms. The predicted molar refractivity (Wildman–Crippen MR) is 64.9 cm³/mol. The molecule has 17 heavy (non-hydrogen) atoms. The second-order valence-electron chi connectivity index (χ2n) is 3.99. The van der Waals surface area contributed by atoms with Crippen molar-refractivity contribution in [3.8, 4) is 0 Å². The minimum absolute atomic E-state index is 0.113. The Morgan fingerprint density at radius 1 is 1.29 bits per heavy atom. The van der Waals surface area contributed by atoms with E-state index >= 15 is 0 Å². The van der Waals surface area contributed by atoms with Crippen LogP contribution in [0.4, 0.5) is 0 Å². The van der Waals surface area contributed by atoms with E-state index in [1.54, 1.807) is 6.92 Å². The number of carbonyl (C=O) groups is 2. The van der Waals surface area contributed by atoms with Crippen LogP contribution in [0, 0.1) is 0 Å². The molecule has 0 aliphatic carbocycles. The summed E-state index contributed by atoms with van der Waals surface area (Å²) in [7, 11) is -0.715. The van der Waals surface area contributed by atoms with Gasteiger partial charge in [0.2, 0.25) is 5.91 Å². The van der Waals surface area contributed by atoms with Crippen molar-refractivity contribution in [2.45, 2.75) is 38.6 Å². The molecule has 1 rings (SSSR count). The van der Waals surface area contributed by atoms with E-state index in [1.165, 1.54) is 0 Å². The van der Waals surface area contributed by atoms with Gasteiger partial charge in [-0.3, -0.25) is 13.8 Å². The first-order valence-corrected chi connectivity index (χ1v) is 7.40. The summed E-state index contributed by atoms with van der Waals surface area (Å²) in [5.41, 5.74) is 0. The summed E-state index contributed by atoms with van der Waals surface area (Å²) in [6.45, 7) is 2.08. The second-order valence-corrected chi connectivity index (χ2v) is 5.69. The van der Waals surface area contributed by atoms with E-state index in [0.29, 0.717) is 18.1 Å². The summed E-state index contributed by atoms with van der Waals surface area (Å²) in [6.07, 6.45) is 1.81. The summed E-state index contributed by atoms with van der Waals surface area (Å²) in [5.74, 6) is 0.842. The van der Waals surface area contributed by atoms with E-state index in [1.807, 2.05) is 0 Å². The number of ether oxygens (including phenoxy) is 1. The average molecular weight is 261 g/mol. The molecule has 1 saturated heterocycles. The maximum Gasteiger partial charge on any atom is 0.306 e. The van der Waals surface area contributed by atoms with E-state index in [9.17, 15) is 13.8 Å². The number of rotatable bonds is 5. The number of hydrogen-bond donors (Lipinski definition) is 1. The number of carbonyl (C=O) groups excluding carboxylic acids is 2. The Morgan fingerprint density at radius 2 is 1.94 bits per heavy atom. The highest BCUT2D eigenvalue weighted by molar-refractivity contribution is 7.85. The van der Waals surface area contributed by atoms with Gasteiger partial charge in [-0.05, 0) is 19.8 Å². The Bertz CT molecular complexity index is 296. The third-order valence-corrected chi connectivity index (χ3v) is 4.00. The van der Waals surface area contributed by atoms with Gasteiger partial charge in [0.25, 0.3) is 0 Å². The molecule has 1 aliphatic heterocycles. The fraction of sp³-hybridized carbons (Fsp3) is 0.818. The fourth-order valence-corrected chi connectivity index (χ4v) is 2.99. The molecule has 1 N–H and O–H groups in total. The first-order valence-electron chi connectivity index (χ1n) is 5.91. The van der Waals surface area contributed by atoms with Crippen molar-refractivity contribution in [2.75, 3.05) is 18.1 Å². The van der Waals surface area contributed by atoms with Gasteiger partial charge in [-0.1, -0.05) is 0 Å².